The summed E-state index contributed by atoms with van der Waals surface area (Å²) in [5.41, 5.74) is 2.11. The lowest BCUT2D eigenvalue weighted by Gasteiger charge is -2.33. The average Bonchev–Trinajstić information content (AvgIpc) is 3.18. The maximum absolute atomic E-state index is 6.30. The third kappa shape index (κ3) is 2.83. The van der Waals surface area contributed by atoms with Crippen molar-refractivity contribution in [2.24, 2.45) is 5.92 Å². The van der Waals surface area contributed by atoms with Crippen LogP contribution in [0.1, 0.15) is 41.1 Å². The number of thiazole rings is 1. The number of rotatable bonds is 3. The second-order valence-electron chi connectivity index (χ2n) is 6.44. The Morgan fingerprint density at radius 3 is 3.05 bits per heavy atom. The highest BCUT2D eigenvalue weighted by Gasteiger charge is 2.40. The van der Waals surface area contributed by atoms with Crippen LogP contribution >= 0.6 is 11.3 Å². The first kappa shape index (κ1) is 14.4. The van der Waals surface area contributed by atoms with Gasteiger partial charge in [-0.2, -0.15) is 0 Å². The Morgan fingerprint density at radius 1 is 1.41 bits per heavy atom. The van der Waals surface area contributed by atoms with Crippen molar-refractivity contribution in [2.75, 3.05) is 13.1 Å². The van der Waals surface area contributed by atoms with Gasteiger partial charge in [-0.25, -0.2) is 4.98 Å². The maximum atomic E-state index is 6.30. The Morgan fingerprint density at radius 2 is 2.32 bits per heavy atom. The SMILES string of the molecule is Cc1csc([C@@H]2C[C@H]3CCN(Cc4cc(C)on4)C[C@@H]3O2)n1. The molecule has 2 saturated heterocycles. The monoisotopic (exact) mass is 319 g/mol. The minimum Gasteiger partial charge on any atom is -0.366 e. The van der Waals surface area contributed by atoms with Crippen molar-refractivity contribution in [1.82, 2.24) is 15.0 Å². The average molecular weight is 319 g/mol. The largest absolute Gasteiger partial charge is 0.366 e. The zero-order valence-electron chi connectivity index (χ0n) is 13.0. The van der Waals surface area contributed by atoms with Gasteiger partial charge in [0.25, 0.3) is 0 Å². The molecule has 3 atom stereocenters. The highest BCUT2D eigenvalue weighted by molar-refractivity contribution is 7.09. The van der Waals surface area contributed by atoms with Crippen LogP contribution in [0.15, 0.2) is 16.0 Å². The summed E-state index contributed by atoms with van der Waals surface area (Å²) in [5.74, 6) is 1.55. The zero-order valence-corrected chi connectivity index (χ0v) is 13.8. The number of aryl methyl sites for hydroxylation is 2. The second-order valence-corrected chi connectivity index (χ2v) is 7.33. The number of piperidine rings is 1. The molecule has 118 valence electrons. The van der Waals surface area contributed by atoms with Crippen molar-refractivity contribution in [3.63, 3.8) is 0 Å². The molecule has 2 aromatic heterocycles. The van der Waals surface area contributed by atoms with Gasteiger partial charge in [-0.15, -0.1) is 11.3 Å². The maximum Gasteiger partial charge on any atom is 0.133 e. The molecule has 0 bridgehead atoms. The summed E-state index contributed by atoms with van der Waals surface area (Å²) in [6.45, 7) is 6.93. The molecule has 0 N–H and O–H groups in total. The van der Waals surface area contributed by atoms with Crippen LogP contribution in [0.2, 0.25) is 0 Å². The van der Waals surface area contributed by atoms with Crippen LogP contribution < -0.4 is 0 Å². The number of ether oxygens (including phenoxy) is 1. The standard InChI is InChI=1S/C16H21N3O2S/c1-10-9-22-16(17-10)14-6-12-3-4-19(8-15(12)20-14)7-13-5-11(2)21-18-13/h5,9,12,14-15H,3-4,6-8H2,1-2H3/t12-,14+,15+/m1/s1. The molecule has 2 aliphatic rings. The Labute approximate surface area is 134 Å². The lowest BCUT2D eigenvalue weighted by Crippen LogP contribution is -2.41. The van der Waals surface area contributed by atoms with Gasteiger partial charge in [0.1, 0.15) is 16.9 Å². The van der Waals surface area contributed by atoms with E-state index < -0.39 is 0 Å². The first-order valence-corrected chi connectivity index (χ1v) is 8.77. The highest BCUT2D eigenvalue weighted by atomic mass is 32.1. The fourth-order valence-electron chi connectivity index (χ4n) is 3.54. The van der Waals surface area contributed by atoms with Crippen LogP contribution in [0.25, 0.3) is 0 Å². The number of nitrogens with zero attached hydrogens (tertiary/aromatic N) is 3. The van der Waals surface area contributed by atoms with Crippen molar-refractivity contribution >= 4 is 11.3 Å². The Bertz CT molecular complexity index is 653. The molecule has 0 spiro atoms. The summed E-state index contributed by atoms with van der Waals surface area (Å²) in [4.78, 5) is 7.02. The summed E-state index contributed by atoms with van der Waals surface area (Å²) < 4.78 is 11.5. The first-order chi connectivity index (χ1) is 10.7. The van der Waals surface area contributed by atoms with E-state index in [0.29, 0.717) is 12.0 Å². The van der Waals surface area contributed by atoms with E-state index in [1.54, 1.807) is 11.3 Å². The summed E-state index contributed by atoms with van der Waals surface area (Å²) in [6, 6.07) is 2.02. The molecule has 4 rings (SSSR count). The number of aromatic nitrogens is 2. The lowest BCUT2D eigenvalue weighted by molar-refractivity contribution is -0.00987. The van der Waals surface area contributed by atoms with Crippen LogP contribution in [-0.2, 0) is 11.3 Å². The normalized spacial score (nSPS) is 28.9. The Balaban J connectivity index is 1.39. The summed E-state index contributed by atoms with van der Waals surface area (Å²) in [7, 11) is 0. The fourth-order valence-corrected chi connectivity index (χ4v) is 4.38. The molecule has 0 saturated carbocycles. The smallest absolute Gasteiger partial charge is 0.133 e. The van der Waals surface area contributed by atoms with Crippen LogP contribution in [0.4, 0.5) is 0 Å². The predicted molar refractivity (Wildman–Crippen MR) is 83.7 cm³/mol. The van der Waals surface area contributed by atoms with E-state index >= 15 is 0 Å². The Hall–Kier alpha value is -1.24. The van der Waals surface area contributed by atoms with Crippen molar-refractivity contribution in [1.29, 1.82) is 0 Å². The molecule has 0 amide bonds. The molecule has 0 radical (unpaired) electrons. The number of likely N-dealkylation sites (tertiary alicyclic amines) is 1. The second kappa shape index (κ2) is 5.76. The van der Waals surface area contributed by atoms with E-state index in [2.05, 4.69) is 20.4 Å². The molecule has 0 aliphatic carbocycles. The van der Waals surface area contributed by atoms with E-state index in [0.717, 1.165) is 48.2 Å². The van der Waals surface area contributed by atoms with E-state index in [9.17, 15) is 0 Å². The molecular formula is C16H21N3O2S. The van der Waals surface area contributed by atoms with Gasteiger partial charge in [0.15, 0.2) is 0 Å². The summed E-state index contributed by atoms with van der Waals surface area (Å²) in [6.07, 6.45) is 2.84. The van der Waals surface area contributed by atoms with Crippen molar-refractivity contribution in [2.45, 2.75) is 45.4 Å². The minimum atomic E-state index is 0.197. The molecule has 4 heterocycles. The van der Waals surface area contributed by atoms with Crippen molar-refractivity contribution in [3.05, 3.63) is 33.6 Å². The van der Waals surface area contributed by atoms with Gasteiger partial charge >= 0.3 is 0 Å². The van der Waals surface area contributed by atoms with Crippen molar-refractivity contribution in [3.8, 4) is 0 Å². The van der Waals surface area contributed by atoms with Crippen LogP contribution in [0.3, 0.4) is 0 Å². The van der Waals surface area contributed by atoms with E-state index in [1.165, 1.54) is 6.42 Å². The molecule has 5 nitrogen and oxygen atoms in total. The third-order valence-corrected chi connectivity index (χ3v) is 5.67. The topological polar surface area (TPSA) is 51.4 Å². The van der Waals surface area contributed by atoms with E-state index in [1.807, 2.05) is 19.9 Å². The van der Waals surface area contributed by atoms with Gasteiger partial charge < -0.3 is 9.26 Å². The van der Waals surface area contributed by atoms with Crippen molar-refractivity contribution < 1.29 is 9.26 Å². The predicted octanol–water partition coefficient (Wildman–Crippen LogP) is 3.10. The van der Waals surface area contributed by atoms with Gasteiger partial charge in [-0.1, -0.05) is 5.16 Å². The molecule has 2 aromatic rings. The minimum absolute atomic E-state index is 0.197. The lowest BCUT2D eigenvalue weighted by atomic mass is 9.92. The van der Waals surface area contributed by atoms with Crippen LogP contribution in [0.5, 0.6) is 0 Å². The van der Waals surface area contributed by atoms with Crippen LogP contribution in [0, 0.1) is 19.8 Å². The molecular weight excluding hydrogens is 298 g/mol. The zero-order chi connectivity index (χ0) is 15.1. The number of fused-ring (bicyclic) bond motifs is 1. The molecule has 6 heteroatoms. The number of hydrogen-bond acceptors (Lipinski definition) is 6. The molecule has 0 aromatic carbocycles. The van der Waals surface area contributed by atoms with Gasteiger partial charge in [-0.3, -0.25) is 4.90 Å². The summed E-state index contributed by atoms with van der Waals surface area (Å²) >= 11 is 1.73. The van der Waals surface area contributed by atoms with Gasteiger partial charge in [0, 0.05) is 30.2 Å². The van der Waals surface area contributed by atoms with Crippen LogP contribution in [-0.4, -0.2) is 34.2 Å². The summed E-state index contributed by atoms with van der Waals surface area (Å²) in [5, 5.41) is 7.35. The van der Waals surface area contributed by atoms with Gasteiger partial charge in [0.2, 0.25) is 0 Å². The molecule has 2 fully saturated rings. The molecule has 0 unspecified atom stereocenters. The quantitative estimate of drug-likeness (QED) is 0.870. The van der Waals surface area contributed by atoms with Gasteiger partial charge in [-0.05, 0) is 39.2 Å². The Kier molecular flexibility index (Phi) is 3.76. The van der Waals surface area contributed by atoms with Gasteiger partial charge in [0.05, 0.1) is 11.8 Å². The van der Waals surface area contributed by atoms with E-state index in [4.69, 9.17) is 9.26 Å². The first-order valence-electron chi connectivity index (χ1n) is 7.89. The fraction of sp³-hybridized carbons (Fsp3) is 0.625. The molecule has 2 aliphatic heterocycles. The number of hydrogen-bond donors (Lipinski definition) is 0. The molecule has 22 heavy (non-hydrogen) atoms. The van der Waals surface area contributed by atoms with E-state index in [-0.39, 0.29) is 6.10 Å². The highest BCUT2D eigenvalue weighted by Crippen LogP contribution is 2.41. The third-order valence-electron chi connectivity index (χ3n) is 4.61.